The van der Waals surface area contributed by atoms with Gasteiger partial charge in [0.15, 0.2) is 0 Å². The minimum absolute atomic E-state index is 0. The molecule has 4 nitrogen and oxygen atoms in total. The third-order valence-corrected chi connectivity index (χ3v) is 2.60. The van der Waals surface area contributed by atoms with Crippen molar-refractivity contribution in [2.24, 2.45) is 0 Å². The molecule has 0 aliphatic rings. The van der Waals surface area contributed by atoms with Gasteiger partial charge in [0.25, 0.3) is 0 Å². The minimum Gasteiger partial charge on any atom is -0.371 e. The number of rotatable bonds is 2. The van der Waals surface area contributed by atoms with Gasteiger partial charge in [-0.05, 0) is 11.8 Å². The summed E-state index contributed by atoms with van der Waals surface area (Å²) < 4.78 is 2.01. The first-order valence-corrected chi connectivity index (χ1v) is 5.44. The van der Waals surface area contributed by atoms with Gasteiger partial charge in [-0.3, -0.25) is 4.98 Å². The maximum atomic E-state index is 4.39. The van der Waals surface area contributed by atoms with Gasteiger partial charge >= 0.3 is 0 Å². The van der Waals surface area contributed by atoms with Crippen LogP contribution in [0.3, 0.4) is 0 Å². The van der Waals surface area contributed by atoms with Crippen LogP contribution in [-0.4, -0.2) is 19.5 Å². The number of imidazole rings is 1. The van der Waals surface area contributed by atoms with E-state index in [1.54, 1.807) is 6.33 Å². The summed E-state index contributed by atoms with van der Waals surface area (Å²) in [5.41, 5.74) is 2.77. The Kier molecular flexibility index (Phi) is 4.20. The summed E-state index contributed by atoms with van der Waals surface area (Å²) in [7, 11) is 0. The molecule has 0 aliphatic heterocycles. The molecule has 5 heteroatoms. The van der Waals surface area contributed by atoms with Crippen LogP contribution in [0.4, 0.5) is 0 Å². The van der Waals surface area contributed by atoms with E-state index >= 15 is 0 Å². The molecule has 0 saturated carbocycles. The van der Waals surface area contributed by atoms with Crippen molar-refractivity contribution in [3.05, 3.63) is 54.2 Å². The van der Waals surface area contributed by atoms with Crippen molar-refractivity contribution in [1.29, 1.82) is 0 Å². The van der Waals surface area contributed by atoms with Crippen LogP contribution in [0.25, 0.3) is 11.2 Å². The molecule has 0 N–H and O–H groups in total. The second kappa shape index (κ2) is 5.68. The number of benzene rings is 1. The van der Waals surface area contributed by atoms with E-state index in [2.05, 4.69) is 33.3 Å². The smallest absolute Gasteiger partial charge is 0.0837 e. The summed E-state index contributed by atoms with van der Waals surface area (Å²) in [4.78, 5) is 12.6. The van der Waals surface area contributed by atoms with Crippen molar-refractivity contribution in [2.75, 3.05) is 0 Å². The Bertz CT molecular complexity index is 648. The summed E-state index contributed by atoms with van der Waals surface area (Å²) >= 11 is 0. The van der Waals surface area contributed by atoms with Gasteiger partial charge in [-0.15, -0.1) is 0 Å². The summed E-state index contributed by atoms with van der Waals surface area (Å²) in [5.74, 6) is 0.715. The van der Waals surface area contributed by atoms with Gasteiger partial charge in [0, 0.05) is 56.2 Å². The van der Waals surface area contributed by atoms with Crippen LogP contribution >= 0.6 is 0 Å². The summed E-state index contributed by atoms with van der Waals surface area (Å²) in [6.07, 6.45) is 4.66. The van der Waals surface area contributed by atoms with Crippen molar-refractivity contribution < 1.29 is 32.7 Å². The second-order valence-corrected chi connectivity index (χ2v) is 3.91. The van der Waals surface area contributed by atoms with Gasteiger partial charge in [-0.1, -0.05) is 37.3 Å². The van der Waals surface area contributed by atoms with Crippen molar-refractivity contribution in [1.82, 2.24) is 19.5 Å². The molecule has 0 saturated heterocycles. The largest absolute Gasteiger partial charge is 0.371 e. The van der Waals surface area contributed by atoms with E-state index < -0.39 is 0 Å². The van der Waals surface area contributed by atoms with E-state index in [0.29, 0.717) is 11.3 Å². The van der Waals surface area contributed by atoms with Crippen molar-refractivity contribution >= 4 is 11.2 Å². The Morgan fingerprint density at radius 2 is 2.00 bits per heavy atom. The van der Waals surface area contributed by atoms with Gasteiger partial charge in [0.1, 0.15) is 0 Å². The van der Waals surface area contributed by atoms with Crippen LogP contribution in [-0.2, 0) is 39.3 Å². The van der Waals surface area contributed by atoms with Gasteiger partial charge in [-0.25, -0.2) is 0 Å². The van der Waals surface area contributed by atoms with Gasteiger partial charge in [0.2, 0.25) is 0 Å². The van der Waals surface area contributed by atoms with Gasteiger partial charge in [-0.2, -0.15) is 0 Å². The monoisotopic (exact) mass is 312 g/mol. The molecule has 1 aromatic carbocycles. The zero-order valence-corrected chi connectivity index (χ0v) is 12.9. The molecule has 0 atom stereocenters. The van der Waals surface area contributed by atoms with Crippen molar-refractivity contribution in [2.45, 2.75) is 13.5 Å². The average molecular weight is 312 g/mol. The second-order valence-electron chi connectivity index (χ2n) is 3.91. The fraction of sp³-hybridized carbons (Fsp3) is 0.154. The average Bonchev–Trinajstić information content (AvgIpc) is 2.73. The Balaban J connectivity index is 0.00000120. The molecule has 87 valence electrons. The molecule has 1 radical (unpaired) electrons. The van der Waals surface area contributed by atoms with E-state index in [4.69, 9.17) is 0 Å². The molecule has 2 heterocycles. The standard InChI is InChI=1S/C13H11N4.Y/c1-10-14-7-12-13(16-10)17(9-15-12)8-11-5-3-2-4-6-11;/h2-6,9H,8H2,1H3;/q-1;. The first-order chi connectivity index (χ1) is 8.33. The van der Waals surface area contributed by atoms with E-state index in [9.17, 15) is 0 Å². The number of nitrogens with zero attached hydrogens (tertiary/aromatic N) is 4. The quantitative estimate of drug-likeness (QED) is 0.680. The molecular formula is C13H11N4Y-. The molecule has 2 aromatic heterocycles. The van der Waals surface area contributed by atoms with E-state index in [1.807, 2.05) is 29.7 Å². The van der Waals surface area contributed by atoms with E-state index in [0.717, 1.165) is 12.2 Å². The summed E-state index contributed by atoms with van der Waals surface area (Å²) in [6, 6.07) is 10.2. The van der Waals surface area contributed by atoms with Crippen LogP contribution in [0.5, 0.6) is 0 Å². The van der Waals surface area contributed by atoms with Crippen molar-refractivity contribution in [3.63, 3.8) is 0 Å². The van der Waals surface area contributed by atoms with Crippen LogP contribution in [0.1, 0.15) is 11.4 Å². The molecule has 18 heavy (non-hydrogen) atoms. The topological polar surface area (TPSA) is 43.6 Å². The van der Waals surface area contributed by atoms with Crippen LogP contribution < -0.4 is 0 Å². The fourth-order valence-corrected chi connectivity index (χ4v) is 1.78. The number of hydrogen-bond acceptors (Lipinski definition) is 3. The molecule has 0 aliphatic carbocycles. The number of fused-ring (bicyclic) bond motifs is 1. The maximum Gasteiger partial charge on any atom is 0.0837 e. The molecule has 0 fully saturated rings. The van der Waals surface area contributed by atoms with Crippen LogP contribution in [0, 0.1) is 13.1 Å². The number of aryl methyl sites for hydroxylation is 1. The van der Waals surface area contributed by atoms with Crippen LogP contribution in [0.15, 0.2) is 36.7 Å². The Hall–Kier alpha value is -1.13. The van der Waals surface area contributed by atoms with E-state index in [-0.39, 0.29) is 32.7 Å². The molecule has 3 rings (SSSR count). The van der Waals surface area contributed by atoms with Gasteiger partial charge in [0.05, 0.1) is 6.33 Å². The van der Waals surface area contributed by atoms with Crippen molar-refractivity contribution in [3.8, 4) is 0 Å². The first kappa shape index (κ1) is 13.3. The molecule has 0 bridgehead atoms. The molecule has 3 aromatic rings. The SMILES string of the molecule is Cc1n[c-]c2ncn(Cc3ccccc3)c2n1.[Y]. The molecule has 0 spiro atoms. The Morgan fingerprint density at radius 3 is 2.78 bits per heavy atom. The Morgan fingerprint density at radius 1 is 1.22 bits per heavy atom. The number of aromatic nitrogens is 4. The molecule has 0 amide bonds. The fourth-order valence-electron chi connectivity index (χ4n) is 1.78. The summed E-state index contributed by atoms with van der Waals surface area (Å²) in [5, 5.41) is 0. The predicted octanol–water partition coefficient (Wildman–Crippen LogP) is 1.98. The van der Waals surface area contributed by atoms with E-state index in [1.165, 1.54) is 5.56 Å². The first-order valence-electron chi connectivity index (χ1n) is 5.44. The van der Waals surface area contributed by atoms with Crippen LogP contribution in [0.2, 0.25) is 0 Å². The maximum absolute atomic E-state index is 4.39. The zero-order valence-electron chi connectivity index (χ0n) is 10.0. The minimum atomic E-state index is 0. The molecular weight excluding hydrogens is 301 g/mol. The van der Waals surface area contributed by atoms with Gasteiger partial charge < -0.3 is 14.5 Å². The summed E-state index contributed by atoms with van der Waals surface area (Å²) in [6.45, 7) is 2.62. The normalized spacial score (nSPS) is 10.3. The zero-order chi connectivity index (χ0) is 11.7. The third kappa shape index (κ3) is 2.65. The Labute approximate surface area is 130 Å². The number of hydrogen-bond donors (Lipinski definition) is 0. The molecule has 0 unspecified atom stereocenters. The predicted molar refractivity (Wildman–Crippen MR) is 64.4 cm³/mol. The third-order valence-electron chi connectivity index (χ3n) is 2.60.